The molecule has 0 spiro atoms. The van der Waals surface area contributed by atoms with Crippen LogP contribution in [0.25, 0.3) is 0 Å². The van der Waals surface area contributed by atoms with Gasteiger partial charge in [0, 0.05) is 23.6 Å². The Hall–Kier alpha value is -0.510. The largest absolute Gasteiger partial charge is 0.387 e. The molecule has 1 aliphatic rings. The fourth-order valence-electron chi connectivity index (χ4n) is 2.27. The lowest BCUT2D eigenvalue weighted by atomic mass is 10.1. The molecule has 1 aromatic carbocycles. The van der Waals surface area contributed by atoms with Crippen LogP contribution in [-0.2, 0) is 0 Å². The molecule has 0 aliphatic carbocycles. The van der Waals surface area contributed by atoms with Crippen LogP contribution in [0.4, 0.5) is 0 Å². The lowest BCUT2D eigenvalue weighted by molar-refractivity contribution is 0.116. The molecule has 2 rings (SSSR count). The molecular formula is C15H23NOS. The fraction of sp³-hybridized carbons (Fsp3) is 0.600. The van der Waals surface area contributed by atoms with E-state index in [1.54, 1.807) is 0 Å². The summed E-state index contributed by atoms with van der Waals surface area (Å²) < 4.78 is 0.381. The summed E-state index contributed by atoms with van der Waals surface area (Å²) in [5, 5.41) is 10.2. The monoisotopic (exact) mass is 265 g/mol. The van der Waals surface area contributed by atoms with Crippen LogP contribution >= 0.6 is 11.8 Å². The summed E-state index contributed by atoms with van der Waals surface area (Å²) in [5.74, 6) is 1.16. The van der Waals surface area contributed by atoms with E-state index in [9.17, 15) is 5.11 Å². The molecule has 1 atom stereocenters. The number of hydrogen-bond donors (Lipinski definition) is 1. The van der Waals surface area contributed by atoms with Crippen molar-refractivity contribution in [3.05, 3.63) is 35.9 Å². The highest BCUT2D eigenvalue weighted by atomic mass is 32.2. The zero-order valence-electron chi connectivity index (χ0n) is 11.3. The van der Waals surface area contributed by atoms with Crippen LogP contribution in [0.1, 0.15) is 31.9 Å². The summed E-state index contributed by atoms with van der Waals surface area (Å²) >= 11 is 2.04. The number of hydrogen-bond acceptors (Lipinski definition) is 3. The smallest absolute Gasteiger partial charge is 0.0916 e. The maximum Gasteiger partial charge on any atom is 0.0916 e. The Morgan fingerprint density at radius 3 is 2.72 bits per heavy atom. The summed E-state index contributed by atoms with van der Waals surface area (Å²) in [6.07, 6.45) is 0.830. The van der Waals surface area contributed by atoms with Gasteiger partial charge in [-0.25, -0.2) is 0 Å². The van der Waals surface area contributed by atoms with Gasteiger partial charge in [-0.1, -0.05) is 44.2 Å². The van der Waals surface area contributed by atoms with E-state index >= 15 is 0 Å². The maximum absolute atomic E-state index is 10.2. The van der Waals surface area contributed by atoms with Crippen molar-refractivity contribution in [2.45, 2.75) is 31.1 Å². The molecule has 2 nitrogen and oxygen atoms in total. The first-order valence-electron chi connectivity index (χ1n) is 6.66. The number of β-amino-alcohol motifs (C(OH)–C–C–N with tert-alkyl or cyclic N) is 1. The van der Waals surface area contributed by atoms with Crippen LogP contribution in [0.2, 0.25) is 0 Å². The molecule has 1 saturated heterocycles. The summed E-state index contributed by atoms with van der Waals surface area (Å²) in [4.78, 5) is 2.39. The van der Waals surface area contributed by atoms with Gasteiger partial charge >= 0.3 is 0 Å². The number of rotatable bonds is 3. The predicted octanol–water partition coefficient (Wildman–Crippen LogP) is 2.94. The van der Waals surface area contributed by atoms with Gasteiger partial charge in [0.1, 0.15) is 0 Å². The van der Waals surface area contributed by atoms with E-state index < -0.39 is 0 Å². The zero-order valence-corrected chi connectivity index (χ0v) is 12.1. The predicted molar refractivity (Wildman–Crippen MR) is 79.0 cm³/mol. The Morgan fingerprint density at radius 2 is 2.00 bits per heavy atom. The highest BCUT2D eigenvalue weighted by Crippen LogP contribution is 2.31. The van der Waals surface area contributed by atoms with Crippen molar-refractivity contribution in [2.75, 3.05) is 25.4 Å². The molecule has 100 valence electrons. The Morgan fingerprint density at radius 1 is 1.28 bits per heavy atom. The van der Waals surface area contributed by atoms with Gasteiger partial charge in [-0.15, -0.1) is 0 Å². The summed E-state index contributed by atoms with van der Waals surface area (Å²) in [7, 11) is 0. The van der Waals surface area contributed by atoms with E-state index in [0.717, 1.165) is 31.0 Å². The third kappa shape index (κ3) is 4.01. The van der Waals surface area contributed by atoms with Crippen molar-refractivity contribution in [1.29, 1.82) is 0 Å². The Bertz CT molecular complexity index is 366. The van der Waals surface area contributed by atoms with Crippen molar-refractivity contribution in [3.8, 4) is 0 Å². The molecule has 0 amide bonds. The third-order valence-electron chi connectivity index (χ3n) is 3.55. The molecule has 0 bridgehead atoms. The van der Waals surface area contributed by atoms with E-state index in [0.29, 0.717) is 4.75 Å². The molecule has 0 saturated carbocycles. The molecule has 18 heavy (non-hydrogen) atoms. The van der Waals surface area contributed by atoms with E-state index in [1.807, 2.05) is 42.1 Å². The molecule has 0 aromatic heterocycles. The van der Waals surface area contributed by atoms with Crippen molar-refractivity contribution in [2.24, 2.45) is 0 Å². The molecule has 0 radical (unpaired) electrons. The molecular weight excluding hydrogens is 242 g/mol. The summed E-state index contributed by atoms with van der Waals surface area (Å²) in [6.45, 7) is 7.55. The van der Waals surface area contributed by atoms with Crippen LogP contribution in [0.3, 0.4) is 0 Å². The van der Waals surface area contributed by atoms with Gasteiger partial charge in [0.05, 0.1) is 6.10 Å². The highest BCUT2D eigenvalue weighted by Gasteiger charge is 2.24. The normalized spacial score (nSPS) is 22.4. The molecule has 1 unspecified atom stereocenters. The first-order chi connectivity index (χ1) is 8.57. The number of aliphatic hydroxyl groups is 1. The fourth-order valence-corrected chi connectivity index (χ4v) is 3.41. The number of aliphatic hydroxyl groups excluding tert-OH is 1. The van der Waals surface area contributed by atoms with Crippen LogP contribution in [-0.4, -0.2) is 40.1 Å². The minimum atomic E-state index is -0.364. The average molecular weight is 265 g/mol. The second-order valence-corrected chi connectivity index (χ2v) is 7.39. The van der Waals surface area contributed by atoms with E-state index in [-0.39, 0.29) is 6.10 Å². The quantitative estimate of drug-likeness (QED) is 0.909. The number of thioether (sulfide) groups is 1. The molecule has 1 heterocycles. The Balaban J connectivity index is 1.90. The first-order valence-corrected chi connectivity index (χ1v) is 7.65. The van der Waals surface area contributed by atoms with Gasteiger partial charge in [0.25, 0.3) is 0 Å². The number of nitrogens with zero attached hydrogens (tertiary/aromatic N) is 1. The minimum Gasteiger partial charge on any atom is -0.387 e. The lowest BCUT2D eigenvalue weighted by Gasteiger charge is -2.24. The lowest BCUT2D eigenvalue weighted by Crippen LogP contribution is -2.31. The van der Waals surface area contributed by atoms with Crippen LogP contribution in [0.15, 0.2) is 30.3 Å². The third-order valence-corrected chi connectivity index (χ3v) is 4.92. The van der Waals surface area contributed by atoms with Crippen molar-refractivity contribution < 1.29 is 5.11 Å². The second kappa shape index (κ2) is 6.09. The molecule has 1 aromatic rings. The molecule has 1 fully saturated rings. The van der Waals surface area contributed by atoms with Gasteiger partial charge in [-0.05, 0) is 18.5 Å². The first kappa shape index (κ1) is 13.9. The van der Waals surface area contributed by atoms with Crippen LogP contribution in [0, 0.1) is 0 Å². The summed E-state index contributed by atoms with van der Waals surface area (Å²) in [6, 6.07) is 9.96. The van der Waals surface area contributed by atoms with E-state index in [2.05, 4.69) is 18.7 Å². The van der Waals surface area contributed by atoms with Crippen molar-refractivity contribution in [3.63, 3.8) is 0 Å². The van der Waals surface area contributed by atoms with Gasteiger partial charge in [0.2, 0.25) is 0 Å². The SMILES string of the molecule is CC1(C)CCN(CC(O)c2ccccc2)CCS1. The molecule has 1 aliphatic heterocycles. The van der Waals surface area contributed by atoms with Gasteiger partial charge in [-0.3, -0.25) is 4.90 Å². The van der Waals surface area contributed by atoms with Gasteiger partial charge in [0.15, 0.2) is 0 Å². The summed E-state index contributed by atoms with van der Waals surface area (Å²) in [5.41, 5.74) is 1.02. The minimum absolute atomic E-state index is 0.364. The van der Waals surface area contributed by atoms with E-state index in [1.165, 1.54) is 6.42 Å². The zero-order chi connectivity index (χ0) is 13.0. The second-order valence-electron chi connectivity index (χ2n) is 5.59. The highest BCUT2D eigenvalue weighted by molar-refractivity contribution is 8.00. The number of benzene rings is 1. The molecule has 1 N–H and O–H groups in total. The van der Waals surface area contributed by atoms with E-state index in [4.69, 9.17) is 0 Å². The topological polar surface area (TPSA) is 23.5 Å². The Kier molecular flexibility index (Phi) is 4.71. The standard InChI is InChI=1S/C15H23NOS/c1-15(2)8-9-16(10-11-18-15)12-14(17)13-6-4-3-5-7-13/h3-7,14,17H,8-12H2,1-2H3. The van der Waals surface area contributed by atoms with Crippen molar-refractivity contribution >= 4 is 11.8 Å². The van der Waals surface area contributed by atoms with Crippen LogP contribution in [0.5, 0.6) is 0 Å². The van der Waals surface area contributed by atoms with Gasteiger partial charge < -0.3 is 5.11 Å². The average Bonchev–Trinajstić information content (AvgIpc) is 2.52. The molecule has 3 heteroatoms. The van der Waals surface area contributed by atoms with Crippen molar-refractivity contribution in [1.82, 2.24) is 4.90 Å². The van der Waals surface area contributed by atoms with Gasteiger partial charge in [-0.2, -0.15) is 11.8 Å². The van der Waals surface area contributed by atoms with Crippen LogP contribution < -0.4 is 0 Å². The maximum atomic E-state index is 10.2. The Labute approximate surface area is 114 Å².